The Morgan fingerprint density at radius 1 is 0.805 bits per heavy atom. The van der Waals surface area contributed by atoms with Crippen molar-refractivity contribution in [3.8, 4) is 5.75 Å². The van der Waals surface area contributed by atoms with Crippen molar-refractivity contribution in [2.45, 2.75) is 75.5 Å². The van der Waals surface area contributed by atoms with E-state index in [4.69, 9.17) is 17.2 Å². The van der Waals surface area contributed by atoms with Crippen LogP contribution in [-0.2, 0) is 32.0 Å². The molecule has 14 heteroatoms. The number of hydrogen-bond donors (Lipinski definition) is 9. The molecule has 1 aromatic heterocycles. The van der Waals surface area contributed by atoms with Gasteiger partial charge >= 0.3 is 5.97 Å². The Kier molecular flexibility index (Phi) is 14.3. The number of aliphatic carboxylic acids is 1. The fourth-order valence-corrected chi connectivity index (χ4v) is 4.14. The number of imidazole rings is 1. The predicted molar refractivity (Wildman–Crippen MR) is 151 cm³/mol. The number of H-pyrrole nitrogens is 1. The lowest BCUT2D eigenvalue weighted by Gasteiger charge is -2.25. The molecule has 4 atom stereocenters. The van der Waals surface area contributed by atoms with Crippen LogP contribution < -0.4 is 33.2 Å². The Hall–Kier alpha value is -4.01. The van der Waals surface area contributed by atoms with E-state index >= 15 is 0 Å². The van der Waals surface area contributed by atoms with Crippen molar-refractivity contribution in [1.29, 1.82) is 0 Å². The SMILES string of the molecule is NCCCCC(NC(=O)C(CCCCN)NC(=O)C(Cc1ccc(O)cc1)NC(=O)C(N)Cc1cnc[nH]1)C(=O)O. The Bertz CT molecular complexity index is 1100. The molecule has 0 bridgehead atoms. The third kappa shape index (κ3) is 11.9. The van der Waals surface area contributed by atoms with Crippen LogP contribution in [-0.4, -0.2) is 81.1 Å². The van der Waals surface area contributed by atoms with Gasteiger partial charge in [0.1, 0.15) is 23.9 Å². The molecule has 0 radical (unpaired) electrons. The van der Waals surface area contributed by atoms with Gasteiger partial charge in [-0.1, -0.05) is 12.1 Å². The molecule has 4 unspecified atom stereocenters. The number of phenols is 1. The average molecular weight is 575 g/mol. The molecule has 0 aliphatic heterocycles. The first-order valence-electron chi connectivity index (χ1n) is 13.7. The van der Waals surface area contributed by atoms with Crippen LogP contribution in [0.25, 0.3) is 0 Å². The Morgan fingerprint density at radius 2 is 1.37 bits per heavy atom. The van der Waals surface area contributed by atoms with E-state index in [9.17, 15) is 29.4 Å². The highest BCUT2D eigenvalue weighted by molar-refractivity contribution is 5.94. The normalized spacial score (nSPS) is 13.9. The first kappa shape index (κ1) is 33.2. The number of unbranched alkanes of at least 4 members (excludes halogenated alkanes) is 2. The molecule has 2 rings (SSSR count). The minimum atomic E-state index is -1.19. The first-order valence-corrected chi connectivity index (χ1v) is 13.7. The fraction of sp³-hybridized carbons (Fsp3) is 0.519. The van der Waals surface area contributed by atoms with Gasteiger partial charge in [-0.3, -0.25) is 14.4 Å². The highest BCUT2D eigenvalue weighted by Crippen LogP contribution is 2.13. The number of carbonyl (C=O) groups excluding carboxylic acids is 3. The molecule has 0 spiro atoms. The summed E-state index contributed by atoms with van der Waals surface area (Å²) in [5.41, 5.74) is 18.4. The quantitative estimate of drug-likeness (QED) is 0.0927. The van der Waals surface area contributed by atoms with E-state index in [1.807, 2.05) is 0 Å². The number of rotatable bonds is 19. The van der Waals surface area contributed by atoms with Crippen LogP contribution in [0.1, 0.15) is 49.8 Å². The Morgan fingerprint density at radius 3 is 1.93 bits per heavy atom. The van der Waals surface area contributed by atoms with Gasteiger partial charge in [0.2, 0.25) is 17.7 Å². The molecule has 2 aromatic rings. The second kappa shape index (κ2) is 17.6. The molecular formula is C27H42N8O6. The van der Waals surface area contributed by atoms with Gasteiger partial charge < -0.3 is 48.3 Å². The number of aromatic amines is 1. The lowest BCUT2D eigenvalue weighted by molar-refractivity contribution is -0.142. The van der Waals surface area contributed by atoms with E-state index < -0.39 is 47.9 Å². The van der Waals surface area contributed by atoms with Gasteiger partial charge in [0, 0.05) is 24.7 Å². The summed E-state index contributed by atoms with van der Waals surface area (Å²) in [6, 6.07) is 1.81. The van der Waals surface area contributed by atoms with E-state index in [1.165, 1.54) is 18.5 Å². The van der Waals surface area contributed by atoms with Crippen molar-refractivity contribution >= 4 is 23.7 Å². The lowest BCUT2D eigenvalue weighted by atomic mass is 10.0. The largest absolute Gasteiger partial charge is 0.508 e. The van der Waals surface area contributed by atoms with Crippen molar-refractivity contribution in [1.82, 2.24) is 25.9 Å². The molecule has 1 aromatic carbocycles. The number of nitrogens with zero attached hydrogens (tertiary/aromatic N) is 1. The van der Waals surface area contributed by atoms with Crippen molar-refractivity contribution in [2.75, 3.05) is 13.1 Å². The van der Waals surface area contributed by atoms with Gasteiger partial charge in [-0.25, -0.2) is 9.78 Å². The monoisotopic (exact) mass is 574 g/mol. The van der Waals surface area contributed by atoms with Crippen LogP contribution in [0.5, 0.6) is 5.75 Å². The summed E-state index contributed by atoms with van der Waals surface area (Å²) in [6.45, 7) is 0.782. The molecule has 41 heavy (non-hydrogen) atoms. The van der Waals surface area contributed by atoms with Crippen molar-refractivity contribution < 1.29 is 29.4 Å². The molecule has 226 valence electrons. The molecular weight excluding hydrogens is 532 g/mol. The zero-order valence-corrected chi connectivity index (χ0v) is 23.1. The van der Waals surface area contributed by atoms with E-state index in [1.54, 1.807) is 18.3 Å². The number of carbonyl (C=O) groups is 4. The Balaban J connectivity index is 2.20. The van der Waals surface area contributed by atoms with Crippen LogP contribution in [0.2, 0.25) is 0 Å². The topological polar surface area (TPSA) is 252 Å². The Labute approximate surface area is 238 Å². The van der Waals surface area contributed by atoms with E-state index in [-0.39, 0.29) is 31.4 Å². The predicted octanol–water partition coefficient (Wildman–Crippen LogP) is -0.975. The second-order valence-corrected chi connectivity index (χ2v) is 9.85. The molecule has 1 heterocycles. The summed E-state index contributed by atoms with van der Waals surface area (Å²) in [4.78, 5) is 58.1. The molecule has 0 aliphatic rings. The van der Waals surface area contributed by atoms with Gasteiger partial charge in [0.15, 0.2) is 0 Å². The van der Waals surface area contributed by atoms with E-state index in [2.05, 4.69) is 25.9 Å². The summed E-state index contributed by atoms with van der Waals surface area (Å²) in [5.74, 6) is -3.04. The van der Waals surface area contributed by atoms with Crippen molar-refractivity contribution in [3.63, 3.8) is 0 Å². The van der Waals surface area contributed by atoms with Gasteiger partial charge in [-0.05, 0) is 69.3 Å². The van der Waals surface area contributed by atoms with Crippen LogP contribution in [0.3, 0.4) is 0 Å². The minimum Gasteiger partial charge on any atom is -0.508 e. The number of carboxylic acid groups (broad SMARTS) is 1. The number of carboxylic acids is 1. The smallest absolute Gasteiger partial charge is 0.326 e. The average Bonchev–Trinajstić information content (AvgIpc) is 3.45. The number of aromatic nitrogens is 2. The highest BCUT2D eigenvalue weighted by atomic mass is 16.4. The maximum atomic E-state index is 13.5. The number of aromatic hydroxyl groups is 1. The van der Waals surface area contributed by atoms with Crippen LogP contribution in [0.15, 0.2) is 36.8 Å². The van der Waals surface area contributed by atoms with Gasteiger partial charge in [0.05, 0.1) is 12.4 Å². The summed E-state index contributed by atoms with van der Waals surface area (Å²) in [6.07, 6.45) is 5.82. The van der Waals surface area contributed by atoms with Gasteiger partial charge in [0.25, 0.3) is 0 Å². The van der Waals surface area contributed by atoms with E-state index in [0.29, 0.717) is 50.0 Å². The van der Waals surface area contributed by atoms with Crippen LogP contribution in [0, 0.1) is 0 Å². The summed E-state index contributed by atoms with van der Waals surface area (Å²) >= 11 is 0. The second-order valence-electron chi connectivity index (χ2n) is 9.85. The third-order valence-electron chi connectivity index (χ3n) is 6.48. The van der Waals surface area contributed by atoms with Gasteiger partial charge in [-0.2, -0.15) is 0 Å². The van der Waals surface area contributed by atoms with Gasteiger partial charge in [-0.15, -0.1) is 0 Å². The number of nitrogens with two attached hydrogens (primary N) is 3. The summed E-state index contributed by atoms with van der Waals surface area (Å²) < 4.78 is 0. The zero-order chi connectivity index (χ0) is 30.2. The molecule has 0 saturated heterocycles. The summed E-state index contributed by atoms with van der Waals surface area (Å²) in [7, 11) is 0. The molecule has 0 fully saturated rings. The first-order chi connectivity index (χ1) is 19.6. The molecule has 12 N–H and O–H groups in total. The van der Waals surface area contributed by atoms with E-state index in [0.717, 1.165) is 0 Å². The molecule has 3 amide bonds. The lowest BCUT2D eigenvalue weighted by Crippen LogP contribution is -2.57. The fourth-order valence-electron chi connectivity index (χ4n) is 4.14. The molecule has 0 aliphatic carbocycles. The maximum Gasteiger partial charge on any atom is 0.326 e. The van der Waals surface area contributed by atoms with Crippen LogP contribution in [0.4, 0.5) is 0 Å². The zero-order valence-electron chi connectivity index (χ0n) is 23.1. The standard InChI is InChI=1S/C27H42N8O6/c28-11-3-1-5-21(25(38)34-22(27(40)41)6-2-4-12-29)33-26(39)23(13-17-7-9-19(36)10-8-17)35-24(37)20(30)14-18-15-31-16-32-18/h7-10,15-16,20-23,36H,1-6,11-14,28-30H2,(H,31,32)(H,33,39)(H,34,38)(H,35,37)(H,40,41). The number of amides is 3. The number of nitrogens with one attached hydrogen (secondary N) is 4. The van der Waals surface area contributed by atoms with Crippen LogP contribution >= 0.6 is 0 Å². The minimum absolute atomic E-state index is 0.0384. The summed E-state index contributed by atoms with van der Waals surface area (Å²) in [5, 5.41) is 27.1. The van der Waals surface area contributed by atoms with Crippen molar-refractivity contribution in [2.24, 2.45) is 17.2 Å². The maximum absolute atomic E-state index is 13.5. The highest BCUT2D eigenvalue weighted by Gasteiger charge is 2.30. The number of hydrogen-bond acceptors (Lipinski definition) is 9. The van der Waals surface area contributed by atoms with Crippen molar-refractivity contribution in [3.05, 3.63) is 48.0 Å². The molecule has 0 saturated carbocycles. The number of phenolic OH excluding ortho intramolecular Hbond substituents is 1. The third-order valence-corrected chi connectivity index (χ3v) is 6.48. The number of benzene rings is 1. The molecule has 14 nitrogen and oxygen atoms in total.